The van der Waals surface area contributed by atoms with Crippen LogP contribution in [0.3, 0.4) is 0 Å². The van der Waals surface area contributed by atoms with Crippen molar-refractivity contribution >= 4 is 11.8 Å². The highest BCUT2D eigenvalue weighted by molar-refractivity contribution is 5.84. The Hall–Kier alpha value is -1.06. The molecule has 0 saturated heterocycles. The van der Waals surface area contributed by atoms with Crippen molar-refractivity contribution in [3.05, 3.63) is 0 Å². The second-order valence-corrected chi connectivity index (χ2v) is 2.70. The number of rotatable bonds is 5. The molecule has 0 heterocycles. The predicted molar refractivity (Wildman–Crippen MR) is 51.2 cm³/mol. The van der Waals surface area contributed by atoms with Crippen LogP contribution < -0.4 is 5.32 Å². The number of nitrogens with zero attached hydrogens (tertiary/aromatic N) is 1. The molecule has 0 aliphatic heterocycles. The summed E-state index contributed by atoms with van der Waals surface area (Å²) in [6.45, 7) is 7.10. The molecule has 0 rings (SSSR count). The summed E-state index contributed by atoms with van der Waals surface area (Å²) in [4.78, 5) is 23.9. The molecule has 0 aromatic carbocycles. The third-order valence-electron chi connectivity index (χ3n) is 1.87. The monoisotopic (exact) mass is 186 g/mol. The number of nitrogens with one attached hydrogen (secondary N) is 1. The van der Waals surface area contributed by atoms with Gasteiger partial charge in [0.15, 0.2) is 0 Å². The minimum Gasteiger partial charge on any atom is -0.347 e. The van der Waals surface area contributed by atoms with E-state index < -0.39 is 0 Å². The summed E-state index contributed by atoms with van der Waals surface area (Å²) >= 11 is 0. The van der Waals surface area contributed by atoms with Crippen LogP contribution in [0.2, 0.25) is 0 Å². The Kier molecular flexibility index (Phi) is 5.93. The van der Waals surface area contributed by atoms with Gasteiger partial charge in [-0.25, -0.2) is 0 Å². The Morgan fingerprint density at radius 1 is 1.15 bits per heavy atom. The van der Waals surface area contributed by atoms with Crippen LogP contribution in [0.25, 0.3) is 0 Å². The molecule has 0 spiro atoms. The summed E-state index contributed by atoms with van der Waals surface area (Å²) < 4.78 is 0. The third kappa shape index (κ3) is 4.50. The van der Waals surface area contributed by atoms with Gasteiger partial charge in [0, 0.05) is 19.5 Å². The fraction of sp³-hybridized carbons (Fsp3) is 0.778. The van der Waals surface area contributed by atoms with Crippen LogP contribution in [0.5, 0.6) is 0 Å². The van der Waals surface area contributed by atoms with E-state index >= 15 is 0 Å². The molecule has 0 bridgehead atoms. The molecule has 4 heteroatoms. The van der Waals surface area contributed by atoms with Gasteiger partial charge in [0.25, 0.3) is 0 Å². The normalized spacial score (nSPS) is 9.46. The number of carbonyl (C=O) groups excluding carboxylic acids is 2. The summed E-state index contributed by atoms with van der Waals surface area (Å²) in [7, 11) is 0. The van der Waals surface area contributed by atoms with Crippen LogP contribution >= 0.6 is 0 Å². The lowest BCUT2D eigenvalue weighted by molar-refractivity contribution is -0.132. The van der Waals surface area contributed by atoms with E-state index in [-0.39, 0.29) is 18.4 Å². The number of amides is 2. The molecule has 0 aliphatic rings. The zero-order chi connectivity index (χ0) is 10.3. The van der Waals surface area contributed by atoms with Crippen molar-refractivity contribution in [2.75, 3.05) is 19.6 Å². The van der Waals surface area contributed by atoms with Crippen LogP contribution in [0.4, 0.5) is 0 Å². The molecule has 13 heavy (non-hydrogen) atoms. The Morgan fingerprint density at radius 3 is 2.08 bits per heavy atom. The van der Waals surface area contributed by atoms with Gasteiger partial charge in [-0.1, -0.05) is 6.92 Å². The molecule has 1 N–H and O–H groups in total. The molecule has 0 aromatic heterocycles. The molecule has 4 nitrogen and oxygen atoms in total. The fourth-order valence-corrected chi connectivity index (χ4v) is 0.987. The topological polar surface area (TPSA) is 49.4 Å². The van der Waals surface area contributed by atoms with E-state index in [0.717, 1.165) is 0 Å². The van der Waals surface area contributed by atoms with Crippen LogP contribution in [-0.2, 0) is 9.59 Å². The Morgan fingerprint density at radius 2 is 1.69 bits per heavy atom. The minimum absolute atomic E-state index is 0.0215. The van der Waals surface area contributed by atoms with Crippen LogP contribution in [0.15, 0.2) is 0 Å². The van der Waals surface area contributed by atoms with Gasteiger partial charge in [-0.3, -0.25) is 9.59 Å². The highest BCUT2D eigenvalue weighted by Gasteiger charge is 2.09. The van der Waals surface area contributed by atoms with Gasteiger partial charge in [0.2, 0.25) is 11.8 Å². The fourth-order valence-electron chi connectivity index (χ4n) is 0.987. The van der Waals surface area contributed by atoms with Gasteiger partial charge >= 0.3 is 0 Å². The SMILES string of the molecule is CCC(=O)NCC(=O)N(CC)CC. The van der Waals surface area contributed by atoms with E-state index in [1.165, 1.54) is 0 Å². The number of likely N-dealkylation sites (N-methyl/N-ethyl adjacent to an activating group) is 1. The van der Waals surface area contributed by atoms with Crippen molar-refractivity contribution < 1.29 is 9.59 Å². The number of hydrogen-bond acceptors (Lipinski definition) is 2. The van der Waals surface area contributed by atoms with E-state index in [1.54, 1.807) is 11.8 Å². The molecule has 76 valence electrons. The molecule has 0 atom stereocenters. The first-order chi connectivity index (χ1) is 6.15. The Labute approximate surface area is 79.3 Å². The summed E-state index contributed by atoms with van der Waals surface area (Å²) in [6, 6.07) is 0. The lowest BCUT2D eigenvalue weighted by atomic mass is 10.4. The van der Waals surface area contributed by atoms with Crippen molar-refractivity contribution in [2.45, 2.75) is 27.2 Å². The first-order valence-corrected chi connectivity index (χ1v) is 4.70. The van der Waals surface area contributed by atoms with Crippen LogP contribution in [0.1, 0.15) is 27.2 Å². The quantitative estimate of drug-likeness (QED) is 0.675. The van der Waals surface area contributed by atoms with E-state index in [2.05, 4.69) is 5.32 Å². The van der Waals surface area contributed by atoms with Crippen molar-refractivity contribution in [3.8, 4) is 0 Å². The van der Waals surface area contributed by atoms with E-state index in [1.807, 2.05) is 13.8 Å². The van der Waals surface area contributed by atoms with E-state index in [0.29, 0.717) is 19.5 Å². The van der Waals surface area contributed by atoms with Gasteiger partial charge in [0.05, 0.1) is 6.54 Å². The second kappa shape index (κ2) is 6.46. The standard InChI is InChI=1S/C9H18N2O2/c1-4-8(12)10-7-9(13)11(5-2)6-3/h4-7H2,1-3H3,(H,10,12). The molecule has 2 amide bonds. The van der Waals surface area contributed by atoms with Gasteiger partial charge in [0.1, 0.15) is 0 Å². The number of carbonyl (C=O) groups is 2. The van der Waals surface area contributed by atoms with Gasteiger partial charge < -0.3 is 10.2 Å². The largest absolute Gasteiger partial charge is 0.347 e. The molecule has 0 aliphatic carbocycles. The molecular weight excluding hydrogens is 168 g/mol. The Bertz CT molecular complexity index is 176. The van der Waals surface area contributed by atoms with Crippen molar-refractivity contribution in [3.63, 3.8) is 0 Å². The lowest BCUT2D eigenvalue weighted by Gasteiger charge is -2.18. The highest BCUT2D eigenvalue weighted by Crippen LogP contribution is 1.87. The van der Waals surface area contributed by atoms with E-state index in [9.17, 15) is 9.59 Å². The maximum absolute atomic E-state index is 11.3. The molecule has 0 saturated carbocycles. The van der Waals surface area contributed by atoms with Crippen LogP contribution in [0, 0.1) is 0 Å². The zero-order valence-electron chi connectivity index (χ0n) is 8.59. The number of hydrogen-bond donors (Lipinski definition) is 1. The van der Waals surface area contributed by atoms with E-state index in [4.69, 9.17) is 0 Å². The first kappa shape index (κ1) is 11.9. The summed E-state index contributed by atoms with van der Waals surface area (Å²) in [6.07, 6.45) is 0.422. The van der Waals surface area contributed by atoms with Crippen molar-refractivity contribution in [2.24, 2.45) is 0 Å². The lowest BCUT2D eigenvalue weighted by Crippen LogP contribution is -2.39. The second-order valence-electron chi connectivity index (χ2n) is 2.70. The van der Waals surface area contributed by atoms with Crippen molar-refractivity contribution in [1.29, 1.82) is 0 Å². The average Bonchev–Trinajstić information content (AvgIpc) is 2.16. The molecule has 0 radical (unpaired) electrons. The molecular formula is C9H18N2O2. The van der Waals surface area contributed by atoms with Crippen molar-refractivity contribution in [1.82, 2.24) is 10.2 Å². The summed E-state index contributed by atoms with van der Waals surface area (Å²) in [5.41, 5.74) is 0. The molecule has 0 fully saturated rings. The van der Waals surface area contributed by atoms with Gasteiger partial charge in [-0.15, -0.1) is 0 Å². The molecule has 0 unspecified atom stereocenters. The third-order valence-corrected chi connectivity index (χ3v) is 1.87. The maximum atomic E-state index is 11.3. The highest BCUT2D eigenvalue weighted by atomic mass is 16.2. The van der Waals surface area contributed by atoms with Gasteiger partial charge in [-0.05, 0) is 13.8 Å². The maximum Gasteiger partial charge on any atom is 0.241 e. The smallest absolute Gasteiger partial charge is 0.241 e. The summed E-state index contributed by atoms with van der Waals surface area (Å²) in [5, 5.41) is 2.55. The average molecular weight is 186 g/mol. The summed E-state index contributed by atoms with van der Waals surface area (Å²) in [5.74, 6) is -0.104. The predicted octanol–water partition coefficient (Wildman–Crippen LogP) is 0.381. The minimum atomic E-state index is -0.0829. The Balaban J connectivity index is 3.79. The first-order valence-electron chi connectivity index (χ1n) is 4.70. The molecule has 0 aromatic rings. The van der Waals surface area contributed by atoms with Crippen LogP contribution in [-0.4, -0.2) is 36.3 Å². The zero-order valence-corrected chi connectivity index (χ0v) is 8.59. The van der Waals surface area contributed by atoms with Gasteiger partial charge in [-0.2, -0.15) is 0 Å².